The van der Waals surface area contributed by atoms with Crippen molar-refractivity contribution >= 4 is 22.7 Å². The molecule has 0 bridgehead atoms. The molecular weight excluding hydrogens is 400 g/mol. The fourth-order valence-electron chi connectivity index (χ4n) is 4.17. The standard InChI is InChI=1S/C23H30N2O4S/c1-27-20-13-18-19(14-21(20)28-2)24-23(30-15-17-9-6-12-29-17)25(22(18)26)11-10-16-7-4-3-5-8-16/h7,13-14,17H,3-6,8-12,15H2,1-2H3. The number of hydrogen-bond donors (Lipinski definition) is 0. The molecule has 1 aromatic carbocycles. The Morgan fingerprint density at radius 3 is 2.73 bits per heavy atom. The summed E-state index contributed by atoms with van der Waals surface area (Å²) < 4.78 is 18.4. The van der Waals surface area contributed by atoms with Gasteiger partial charge in [-0.3, -0.25) is 9.36 Å². The summed E-state index contributed by atoms with van der Waals surface area (Å²) in [7, 11) is 3.17. The monoisotopic (exact) mass is 430 g/mol. The van der Waals surface area contributed by atoms with Crippen molar-refractivity contribution in [3.8, 4) is 11.5 Å². The predicted octanol–water partition coefficient (Wildman–Crippen LogP) is 4.58. The van der Waals surface area contributed by atoms with Gasteiger partial charge in [-0.25, -0.2) is 4.98 Å². The Balaban J connectivity index is 1.69. The highest BCUT2D eigenvalue weighted by Crippen LogP contribution is 2.32. The molecule has 30 heavy (non-hydrogen) atoms. The minimum atomic E-state index is -0.0211. The largest absolute Gasteiger partial charge is 0.493 e. The molecule has 1 atom stereocenters. The molecule has 1 aromatic heterocycles. The molecule has 2 aromatic rings. The number of ether oxygens (including phenoxy) is 3. The van der Waals surface area contributed by atoms with Gasteiger partial charge in [-0.2, -0.15) is 0 Å². The quantitative estimate of drug-likeness (QED) is 0.347. The van der Waals surface area contributed by atoms with Crippen molar-refractivity contribution in [1.29, 1.82) is 0 Å². The van der Waals surface area contributed by atoms with E-state index in [2.05, 4.69) is 6.08 Å². The lowest BCUT2D eigenvalue weighted by atomic mass is 9.97. The number of rotatable bonds is 8. The van der Waals surface area contributed by atoms with E-state index >= 15 is 0 Å². The van der Waals surface area contributed by atoms with Crippen LogP contribution in [0.2, 0.25) is 0 Å². The summed E-state index contributed by atoms with van der Waals surface area (Å²) in [6, 6.07) is 3.54. The number of aromatic nitrogens is 2. The molecule has 0 amide bonds. The Labute approximate surface area is 181 Å². The Kier molecular flexibility index (Phi) is 7.00. The zero-order valence-corrected chi connectivity index (χ0v) is 18.6. The summed E-state index contributed by atoms with van der Waals surface area (Å²) >= 11 is 1.62. The van der Waals surface area contributed by atoms with Crippen molar-refractivity contribution in [1.82, 2.24) is 9.55 Å². The van der Waals surface area contributed by atoms with Crippen LogP contribution in [0.3, 0.4) is 0 Å². The molecule has 4 rings (SSSR count). The van der Waals surface area contributed by atoms with Crippen LogP contribution in [0.1, 0.15) is 44.9 Å². The summed E-state index contributed by atoms with van der Waals surface area (Å²) in [5.41, 5.74) is 2.07. The van der Waals surface area contributed by atoms with Crippen molar-refractivity contribution in [3.05, 3.63) is 34.1 Å². The highest BCUT2D eigenvalue weighted by atomic mass is 32.2. The van der Waals surface area contributed by atoms with Gasteiger partial charge in [0.25, 0.3) is 5.56 Å². The summed E-state index contributed by atoms with van der Waals surface area (Å²) in [5, 5.41) is 1.32. The van der Waals surface area contributed by atoms with E-state index < -0.39 is 0 Å². The van der Waals surface area contributed by atoms with Gasteiger partial charge in [0, 0.05) is 25.0 Å². The van der Waals surface area contributed by atoms with Crippen LogP contribution in [0.5, 0.6) is 11.5 Å². The van der Waals surface area contributed by atoms with Gasteiger partial charge >= 0.3 is 0 Å². The molecule has 1 fully saturated rings. The second-order valence-corrected chi connectivity index (χ2v) is 8.87. The second-order valence-electron chi connectivity index (χ2n) is 7.88. The maximum Gasteiger partial charge on any atom is 0.262 e. The molecule has 0 saturated carbocycles. The van der Waals surface area contributed by atoms with Crippen LogP contribution in [-0.4, -0.2) is 42.2 Å². The number of thioether (sulfide) groups is 1. The molecule has 6 nitrogen and oxygen atoms in total. The first-order valence-corrected chi connectivity index (χ1v) is 11.8. The second kappa shape index (κ2) is 9.88. The van der Waals surface area contributed by atoms with E-state index in [0.717, 1.165) is 49.6 Å². The van der Waals surface area contributed by atoms with Crippen LogP contribution in [0.4, 0.5) is 0 Å². The maximum absolute atomic E-state index is 13.4. The van der Waals surface area contributed by atoms with Gasteiger partial charge in [-0.1, -0.05) is 23.4 Å². The Bertz CT molecular complexity index is 979. The fourth-order valence-corrected chi connectivity index (χ4v) is 5.26. The van der Waals surface area contributed by atoms with Crippen molar-refractivity contribution in [2.75, 3.05) is 26.6 Å². The first-order valence-electron chi connectivity index (χ1n) is 10.8. The molecule has 0 radical (unpaired) electrons. The molecule has 2 heterocycles. The molecule has 1 aliphatic heterocycles. The molecule has 1 unspecified atom stereocenters. The predicted molar refractivity (Wildman–Crippen MR) is 120 cm³/mol. The number of fused-ring (bicyclic) bond motifs is 1. The third-order valence-electron chi connectivity index (χ3n) is 5.89. The van der Waals surface area contributed by atoms with E-state index in [4.69, 9.17) is 19.2 Å². The van der Waals surface area contributed by atoms with Crippen molar-refractivity contribution in [3.63, 3.8) is 0 Å². The molecule has 1 aliphatic carbocycles. The molecule has 1 saturated heterocycles. The average molecular weight is 431 g/mol. The normalized spacial score (nSPS) is 19.1. The fraction of sp³-hybridized carbons (Fsp3) is 0.565. The third-order valence-corrected chi connectivity index (χ3v) is 7.00. The van der Waals surface area contributed by atoms with E-state index in [1.54, 1.807) is 38.1 Å². The number of hydrogen-bond acceptors (Lipinski definition) is 6. The van der Waals surface area contributed by atoms with Crippen molar-refractivity contribution in [2.24, 2.45) is 0 Å². The minimum absolute atomic E-state index is 0.0211. The summed E-state index contributed by atoms with van der Waals surface area (Å²) in [5.74, 6) is 1.94. The number of benzene rings is 1. The van der Waals surface area contributed by atoms with Crippen molar-refractivity contribution in [2.45, 2.75) is 62.8 Å². The van der Waals surface area contributed by atoms with Gasteiger partial charge in [-0.15, -0.1) is 0 Å². The number of methoxy groups -OCH3 is 2. The average Bonchev–Trinajstić information content (AvgIpc) is 3.30. The molecule has 162 valence electrons. The Hall–Kier alpha value is -1.99. The highest BCUT2D eigenvalue weighted by molar-refractivity contribution is 7.99. The number of nitrogens with zero attached hydrogens (tertiary/aromatic N) is 2. The number of allylic oxidation sites excluding steroid dienone is 2. The van der Waals surface area contributed by atoms with E-state index in [0.29, 0.717) is 28.9 Å². The molecule has 0 N–H and O–H groups in total. The topological polar surface area (TPSA) is 62.6 Å². The molecule has 7 heteroatoms. The Morgan fingerprint density at radius 2 is 2.03 bits per heavy atom. The first-order chi connectivity index (χ1) is 14.7. The van der Waals surface area contributed by atoms with Crippen LogP contribution < -0.4 is 15.0 Å². The van der Waals surface area contributed by atoms with E-state index in [-0.39, 0.29) is 11.7 Å². The van der Waals surface area contributed by atoms with Gasteiger partial charge in [-0.05, 0) is 51.0 Å². The van der Waals surface area contributed by atoms with Crippen LogP contribution >= 0.6 is 11.8 Å². The van der Waals surface area contributed by atoms with E-state index in [9.17, 15) is 4.79 Å². The van der Waals surface area contributed by atoms with Gasteiger partial charge in [0.15, 0.2) is 16.7 Å². The smallest absolute Gasteiger partial charge is 0.262 e. The summed E-state index contributed by atoms with van der Waals surface area (Å²) in [4.78, 5) is 18.3. The lowest BCUT2D eigenvalue weighted by Gasteiger charge is -2.17. The first kappa shape index (κ1) is 21.2. The third kappa shape index (κ3) is 4.67. The van der Waals surface area contributed by atoms with Gasteiger partial charge in [0.1, 0.15) is 0 Å². The summed E-state index contributed by atoms with van der Waals surface area (Å²) in [6.45, 7) is 1.48. The lowest BCUT2D eigenvalue weighted by Crippen LogP contribution is -2.24. The van der Waals surface area contributed by atoms with E-state index in [1.807, 2.05) is 4.57 Å². The molecule has 0 spiro atoms. The lowest BCUT2D eigenvalue weighted by molar-refractivity contribution is 0.129. The zero-order chi connectivity index (χ0) is 20.9. The van der Waals surface area contributed by atoms with Crippen LogP contribution in [-0.2, 0) is 11.3 Å². The van der Waals surface area contributed by atoms with Crippen LogP contribution in [0, 0.1) is 0 Å². The zero-order valence-electron chi connectivity index (χ0n) is 17.8. The Morgan fingerprint density at radius 1 is 1.20 bits per heavy atom. The van der Waals surface area contributed by atoms with Crippen LogP contribution in [0.25, 0.3) is 10.9 Å². The van der Waals surface area contributed by atoms with Gasteiger partial charge in [0.2, 0.25) is 0 Å². The SMILES string of the molecule is COc1cc2nc(SCC3CCCO3)n(CCC3=CCCCC3)c(=O)c2cc1OC. The van der Waals surface area contributed by atoms with E-state index in [1.165, 1.54) is 18.4 Å². The molecule has 2 aliphatic rings. The highest BCUT2D eigenvalue weighted by Gasteiger charge is 2.20. The van der Waals surface area contributed by atoms with Crippen molar-refractivity contribution < 1.29 is 14.2 Å². The van der Waals surface area contributed by atoms with Gasteiger partial charge in [0.05, 0.1) is 31.2 Å². The minimum Gasteiger partial charge on any atom is -0.493 e. The summed E-state index contributed by atoms with van der Waals surface area (Å²) in [6.07, 6.45) is 10.5. The maximum atomic E-state index is 13.4. The van der Waals surface area contributed by atoms with Crippen LogP contribution in [0.15, 0.2) is 33.7 Å². The molecular formula is C23H30N2O4S. The van der Waals surface area contributed by atoms with Gasteiger partial charge < -0.3 is 14.2 Å².